The van der Waals surface area contributed by atoms with Gasteiger partial charge >= 0.3 is 57.2 Å². The van der Waals surface area contributed by atoms with Crippen LogP contribution in [0.25, 0.3) is 0 Å². The van der Waals surface area contributed by atoms with Gasteiger partial charge in [-0.1, -0.05) is 0 Å². The second-order valence-corrected chi connectivity index (χ2v) is 0. The normalized spacial score (nSPS) is 0. The van der Waals surface area contributed by atoms with Crippen LogP contribution in [0, 0.1) is 0 Å². The Hall–Kier alpha value is 2.13. The van der Waals surface area contributed by atoms with Crippen molar-refractivity contribution in [1.82, 2.24) is 0 Å². The van der Waals surface area contributed by atoms with Crippen molar-refractivity contribution in [1.29, 1.82) is 0 Å². The molecule has 0 radical (unpaired) electrons. The number of halogens is 1. The van der Waals surface area contributed by atoms with Crippen LogP contribution in [0.1, 0.15) is 0 Å². The Morgan fingerprint density at radius 1 is 1.00 bits per heavy atom. The summed E-state index contributed by atoms with van der Waals surface area (Å²) in [5, 5.41) is 0. The minimum Gasteiger partial charge on any atom is -2.00 e. The van der Waals surface area contributed by atoms with E-state index in [0.717, 1.165) is 0 Å². The third kappa shape index (κ3) is 8.92. The van der Waals surface area contributed by atoms with Crippen molar-refractivity contribution in [2.75, 3.05) is 0 Å². The molecule has 0 rings (SSSR count). The fraction of sp³-hybridized carbons (Fsp3) is 0. The van der Waals surface area contributed by atoms with Crippen LogP contribution in [0.4, 0.5) is 0 Å². The first-order valence-electron chi connectivity index (χ1n) is 0. The Bertz CT molecular complexity index is 8.00. The molecule has 0 fully saturated rings. The standard InChI is InChI=1S/Ca.ClH.O.Zn/h;1H;;/q+2;;-2;+2/p-1. The van der Waals surface area contributed by atoms with E-state index in [-0.39, 0.29) is 75.1 Å². The zero-order chi connectivity index (χ0) is 0. The molecule has 1 nitrogen and oxygen atoms in total. The monoisotopic (exact) mass is 155 g/mol. The minimum absolute atomic E-state index is 0. The second kappa shape index (κ2) is 19.3. The van der Waals surface area contributed by atoms with E-state index in [1.54, 1.807) is 0 Å². The maximum Gasteiger partial charge on any atom is 2.00 e. The molecule has 0 aromatic rings. The molecule has 0 aliphatic rings. The van der Waals surface area contributed by atoms with Gasteiger partial charge in [0.25, 0.3) is 0 Å². The fourth-order valence-electron chi connectivity index (χ4n) is 0. The summed E-state index contributed by atoms with van der Waals surface area (Å²) in [6, 6.07) is 0. The Morgan fingerprint density at radius 3 is 1.00 bits per heavy atom. The van der Waals surface area contributed by atoms with Gasteiger partial charge in [-0.15, -0.1) is 0 Å². The predicted octanol–water partition coefficient (Wildman–Crippen LogP) is -3.50. The first-order valence-corrected chi connectivity index (χ1v) is 0. The molecule has 0 unspecified atom stereocenters. The van der Waals surface area contributed by atoms with Crippen molar-refractivity contribution in [2.45, 2.75) is 0 Å². The van der Waals surface area contributed by atoms with Crippen molar-refractivity contribution >= 4 is 37.7 Å². The van der Waals surface area contributed by atoms with Gasteiger partial charge in [0.15, 0.2) is 0 Å². The van der Waals surface area contributed by atoms with Crippen molar-refractivity contribution in [3.05, 3.63) is 0 Å². The maximum absolute atomic E-state index is 0. The third-order valence-electron chi connectivity index (χ3n) is 0. The van der Waals surface area contributed by atoms with Crippen LogP contribution in [-0.2, 0) is 25.0 Å². The van der Waals surface area contributed by atoms with E-state index in [1.165, 1.54) is 0 Å². The van der Waals surface area contributed by atoms with Gasteiger partial charge < -0.3 is 17.9 Å². The number of rotatable bonds is 0. The van der Waals surface area contributed by atoms with Crippen LogP contribution in [-0.4, -0.2) is 37.7 Å². The Balaban J connectivity index is 0. The molecule has 0 N–H and O–H groups in total. The predicted molar refractivity (Wildman–Crippen MR) is 6.44 cm³/mol. The van der Waals surface area contributed by atoms with Gasteiger partial charge in [0.2, 0.25) is 0 Å². The van der Waals surface area contributed by atoms with E-state index in [9.17, 15) is 0 Å². The summed E-state index contributed by atoms with van der Waals surface area (Å²) < 4.78 is 0. The summed E-state index contributed by atoms with van der Waals surface area (Å²) in [6.07, 6.45) is 0. The van der Waals surface area contributed by atoms with Crippen LogP contribution in [0.3, 0.4) is 0 Å². The van der Waals surface area contributed by atoms with Gasteiger partial charge in [-0.25, -0.2) is 0 Å². The molecule has 16 valence electrons. The van der Waals surface area contributed by atoms with Crippen LogP contribution >= 0.6 is 0 Å². The van der Waals surface area contributed by atoms with Gasteiger partial charge in [-0.3, -0.25) is 0 Å². The Kier molecular flexibility index (Phi) is 171. The largest absolute Gasteiger partial charge is 2.00 e. The molecule has 0 atom stereocenters. The van der Waals surface area contributed by atoms with E-state index < -0.39 is 0 Å². The first-order chi connectivity index (χ1) is 0. The molecule has 0 spiro atoms. The SMILES string of the molecule is [Ca+2].[Cl-].[O-2].[Zn+2]. The third-order valence-corrected chi connectivity index (χ3v) is 0. The van der Waals surface area contributed by atoms with Crippen LogP contribution < -0.4 is 12.4 Å². The van der Waals surface area contributed by atoms with Gasteiger partial charge in [-0.2, -0.15) is 0 Å². The van der Waals surface area contributed by atoms with Crippen molar-refractivity contribution < 1.29 is 37.4 Å². The molecule has 0 bridgehead atoms. The average molecular weight is 157 g/mol. The first kappa shape index (κ1) is 35.5. The van der Waals surface area contributed by atoms with Crippen molar-refractivity contribution in [2.24, 2.45) is 0 Å². The molecule has 0 aromatic carbocycles. The maximum atomic E-state index is 0. The van der Waals surface area contributed by atoms with Gasteiger partial charge in [0.05, 0.1) is 0 Å². The van der Waals surface area contributed by atoms with E-state index >= 15 is 0 Å². The number of hydrogen-bond donors (Lipinski definition) is 0. The summed E-state index contributed by atoms with van der Waals surface area (Å²) in [5.41, 5.74) is 0. The molecule has 0 aromatic heterocycles. The smallest absolute Gasteiger partial charge is 2.00 e. The van der Waals surface area contributed by atoms with Crippen molar-refractivity contribution in [3.8, 4) is 0 Å². The molecule has 4 heteroatoms. The molecular weight excluding hydrogens is 157 g/mol. The zero-order valence-electron chi connectivity index (χ0n) is 2.20. The second-order valence-electron chi connectivity index (χ2n) is 0. The molecule has 0 amide bonds. The van der Waals surface area contributed by atoms with E-state index in [2.05, 4.69) is 0 Å². The van der Waals surface area contributed by atoms with Crippen LogP contribution in [0.5, 0.6) is 0 Å². The molecule has 0 saturated carbocycles. The minimum atomic E-state index is 0. The Labute approximate surface area is 74.0 Å². The Morgan fingerprint density at radius 2 is 1.00 bits per heavy atom. The summed E-state index contributed by atoms with van der Waals surface area (Å²) in [4.78, 5) is 0. The zero-order valence-corrected chi connectivity index (χ0v) is 8.13. The van der Waals surface area contributed by atoms with E-state index in [1.807, 2.05) is 0 Å². The summed E-state index contributed by atoms with van der Waals surface area (Å²) in [7, 11) is 0. The molecule has 0 heterocycles. The summed E-state index contributed by atoms with van der Waals surface area (Å²) in [5.74, 6) is 0. The van der Waals surface area contributed by atoms with Crippen LogP contribution in [0.15, 0.2) is 0 Å². The molecule has 0 aliphatic carbocycles. The molecule has 0 aliphatic heterocycles. The van der Waals surface area contributed by atoms with E-state index in [4.69, 9.17) is 0 Å². The summed E-state index contributed by atoms with van der Waals surface area (Å²) in [6.45, 7) is 0. The molecule has 0 saturated heterocycles. The molecular formula is CaClOZn+. The van der Waals surface area contributed by atoms with Gasteiger partial charge in [-0.05, 0) is 0 Å². The number of hydrogen-bond acceptors (Lipinski definition) is 0. The van der Waals surface area contributed by atoms with E-state index in [0.29, 0.717) is 0 Å². The summed E-state index contributed by atoms with van der Waals surface area (Å²) >= 11 is 0. The van der Waals surface area contributed by atoms with Crippen molar-refractivity contribution in [3.63, 3.8) is 0 Å². The van der Waals surface area contributed by atoms with Crippen LogP contribution in [0.2, 0.25) is 0 Å². The van der Waals surface area contributed by atoms with Gasteiger partial charge in [0.1, 0.15) is 0 Å². The quantitative estimate of drug-likeness (QED) is 0.326. The molecule has 4 heavy (non-hydrogen) atoms. The fourth-order valence-corrected chi connectivity index (χ4v) is 0. The van der Waals surface area contributed by atoms with Gasteiger partial charge in [0, 0.05) is 0 Å². The topological polar surface area (TPSA) is 28.5 Å². The average Bonchev–Trinajstić information content (AvgIpc) is 0.